The molecule has 0 aromatic carbocycles. The van der Waals surface area contributed by atoms with Crippen LogP contribution in [0.2, 0.25) is 0 Å². The van der Waals surface area contributed by atoms with Gasteiger partial charge >= 0.3 is 6.16 Å². The minimum Gasteiger partial charge on any atom is -0.427 e. The third-order valence-corrected chi connectivity index (χ3v) is 4.19. The van der Waals surface area contributed by atoms with Crippen molar-refractivity contribution in [1.29, 1.82) is 0 Å². The van der Waals surface area contributed by atoms with E-state index in [-0.39, 0.29) is 17.8 Å². The zero-order valence-corrected chi connectivity index (χ0v) is 12.1. The van der Waals surface area contributed by atoms with Gasteiger partial charge < -0.3 is 14.4 Å². The molecule has 4 rings (SSSR count). The van der Waals surface area contributed by atoms with Crippen LogP contribution < -0.4 is 10.5 Å². The van der Waals surface area contributed by atoms with Crippen molar-refractivity contribution >= 4 is 17.6 Å². The van der Waals surface area contributed by atoms with Crippen LogP contribution >= 0.6 is 0 Å². The number of aryl methyl sites for hydroxylation is 1. The van der Waals surface area contributed by atoms with Crippen LogP contribution in [0.15, 0.2) is 29.2 Å². The molecule has 22 heavy (non-hydrogen) atoms. The van der Waals surface area contributed by atoms with Crippen LogP contribution in [0.4, 0.5) is 10.6 Å². The summed E-state index contributed by atoms with van der Waals surface area (Å²) in [4.78, 5) is 30.0. The van der Waals surface area contributed by atoms with E-state index in [4.69, 9.17) is 9.47 Å². The van der Waals surface area contributed by atoms with Crippen LogP contribution in [0, 0.1) is 6.92 Å². The van der Waals surface area contributed by atoms with Crippen LogP contribution in [0.3, 0.4) is 0 Å². The summed E-state index contributed by atoms with van der Waals surface area (Å²) >= 11 is 0. The van der Waals surface area contributed by atoms with Crippen molar-refractivity contribution in [2.24, 2.45) is 0 Å². The smallest absolute Gasteiger partial charge is 0.427 e. The van der Waals surface area contributed by atoms with Gasteiger partial charge in [-0.15, -0.1) is 0 Å². The highest BCUT2D eigenvalue weighted by Gasteiger charge is 2.41. The van der Waals surface area contributed by atoms with Crippen LogP contribution in [0.5, 0.6) is 0 Å². The van der Waals surface area contributed by atoms with Gasteiger partial charge in [-0.25, -0.2) is 9.78 Å². The van der Waals surface area contributed by atoms with E-state index in [1.54, 1.807) is 6.20 Å². The van der Waals surface area contributed by atoms with E-state index >= 15 is 0 Å². The van der Waals surface area contributed by atoms with Crippen molar-refractivity contribution in [3.05, 3.63) is 40.3 Å². The van der Waals surface area contributed by atoms with E-state index in [1.165, 1.54) is 10.5 Å². The monoisotopic (exact) mass is 301 g/mol. The molecule has 2 fully saturated rings. The van der Waals surface area contributed by atoms with Crippen LogP contribution in [0.1, 0.15) is 12.0 Å². The van der Waals surface area contributed by atoms with Gasteiger partial charge in [0, 0.05) is 25.2 Å². The fourth-order valence-electron chi connectivity index (χ4n) is 3.04. The van der Waals surface area contributed by atoms with E-state index in [9.17, 15) is 9.59 Å². The first-order valence-electron chi connectivity index (χ1n) is 7.23. The number of anilines is 1. The Kier molecular flexibility index (Phi) is 2.82. The Morgan fingerprint density at radius 2 is 2.09 bits per heavy atom. The first-order valence-corrected chi connectivity index (χ1v) is 7.23. The number of hydrogen-bond donors (Lipinski definition) is 0. The number of carbonyl (C=O) groups is 1. The number of piperidine rings is 1. The molecule has 2 unspecified atom stereocenters. The second kappa shape index (κ2) is 4.72. The average Bonchev–Trinajstić information content (AvgIpc) is 2.87. The molecule has 4 heterocycles. The Balaban J connectivity index is 1.71. The summed E-state index contributed by atoms with van der Waals surface area (Å²) in [5.41, 5.74) is 1.46. The molecule has 0 bridgehead atoms. The molecule has 0 spiro atoms. The molecule has 2 aromatic heterocycles. The Bertz CT molecular complexity index is 816. The van der Waals surface area contributed by atoms with Crippen molar-refractivity contribution in [2.45, 2.75) is 25.6 Å². The molecule has 2 aromatic rings. The second-order valence-electron chi connectivity index (χ2n) is 5.63. The number of rotatable bonds is 1. The molecule has 2 aliphatic rings. The molecule has 2 saturated heterocycles. The van der Waals surface area contributed by atoms with Crippen LogP contribution in [0.25, 0.3) is 5.65 Å². The molecule has 7 heteroatoms. The summed E-state index contributed by atoms with van der Waals surface area (Å²) in [6, 6.07) is 5.26. The first-order chi connectivity index (χ1) is 10.6. The normalized spacial score (nSPS) is 24.0. The maximum atomic E-state index is 12.3. The molecular weight excluding hydrogens is 286 g/mol. The molecule has 2 atom stereocenters. The van der Waals surface area contributed by atoms with E-state index in [2.05, 4.69) is 4.98 Å². The van der Waals surface area contributed by atoms with Gasteiger partial charge in [-0.1, -0.05) is 6.07 Å². The van der Waals surface area contributed by atoms with Gasteiger partial charge in [-0.3, -0.25) is 9.20 Å². The van der Waals surface area contributed by atoms with Crippen molar-refractivity contribution in [3.8, 4) is 0 Å². The number of aromatic nitrogens is 2. The predicted octanol–water partition coefficient (Wildman–Crippen LogP) is 1.12. The Labute approximate surface area is 126 Å². The summed E-state index contributed by atoms with van der Waals surface area (Å²) < 4.78 is 11.8. The fraction of sp³-hybridized carbons (Fsp3) is 0.400. The third-order valence-electron chi connectivity index (χ3n) is 4.19. The molecule has 0 amide bonds. The van der Waals surface area contributed by atoms with Crippen molar-refractivity contribution in [3.63, 3.8) is 0 Å². The van der Waals surface area contributed by atoms with E-state index in [0.717, 1.165) is 5.56 Å². The molecule has 0 saturated carbocycles. The number of carbonyl (C=O) groups excluding carboxylic acids is 1. The molecule has 0 N–H and O–H groups in total. The first kappa shape index (κ1) is 13.1. The SMILES string of the molecule is Cc1cccn2c(=O)cc(N3CCC4OC(=O)OC4C3)nc12. The number of ether oxygens (including phenoxy) is 2. The van der Waals surface area contributed by atoms with Gasteiger partial charge in [0.1, 0.15) is 17.6 Å². The average molecular weight is 301 g/mol. The molecule has 114 valence electrons. The molecule has 0 aliphatic carbocycles. The van der Waals surface area contributed by atoms with Crippen LogP contribution in [-0.2, 0) is 9.47 Å². The molecule has 2 aliphatic heterocycles. The van der Waals surface area contributed by atoms with Gasteiger partial charge in [0.2, 0.25) is 0 Å². The highest BCUT2D eigenvalue weighted by molar-refractivity contribution is 5.63. The molecule has 7 nitrogen and oxygen atoms in total. The van der Waals surface area contributed by atoms with Gasteiger partial charge in [-0.05, 0) is 18.6 Å². The van der Waals surface area contributed by atoms with E-state index in [1.807, 2.05) is 24.0 Å². The van der Waals surface area contributed by atoms with Crippen molar-refractivity contribution < 1.29 is 14.3 Å². The number of pyridine rings is 1. The minimum atomic E-state index is -0.612. The van der Waals surface area contributed by atoms with Gasteiger partial charge in [-0.2, -0.15) is 0 Å². The zero-order valence-electron chi connectivity index (χ0n) is 12.1. The van der Waals surface area contributed by atoms with Gasteiger partial charge in [0.25, 0.3) is 5.56 Å². The van der Waals surface area contributed by atoms with Crippen molar-refractivity contribution in [2.75, 3.05) is 18.0 Å². The highest BCUT2D eigenvalue weighted by atomic mass is 16.8. The second-order valence-corrected chi connectivity index (χ2v) is 5.63. The number of fused-ring (bicyclic) bond motifs is 2. The predicted molar refractivity (Wildman–Crippen MR) is 78.2 cm³/mol. The number of nitrogens with zero attached hydrogens (tertiary/aromatic N) is 3. The highest BCUT2D eigenvalue weighted by Crippen LogP contribution is 2.26. The van der Waals surface area contributed by atoms with Gasteiger partial charge in [0.15, 0.2) is 6.10 Å². The maximum Gasteiger partial charge on any atom is 0.509 e. The standard InChI is InChI=1S/C15H15N3O4/c1-9-3-2-5-18-13(19)7-12(16-14(9)18)17-6-4-10-11(8-17)22-15(20)21-10/h2-3,5,7,10-11H,4,6,8H2,1H3. The van der Waals surface area contributed by atoms with E-state index in [0.29, 0.717) is 31.0 Å². The largest absolute Gasteiger partial charge is 0.509 e. The fourth-order valence-corrected chi connectivity index (χ4v) is 3.04. The van der Waals surface area contributed by atoms with Crippen LogP contribution in [-0.4, -0.2) is 40.8 Å². The summed E-state index contributed by atoms with van der Waals surface area (Å²) in [6.07, 6.45) is 1.29. The minimum absolute atomic E-state index is 0.120. The Morgan fingerprint density at radius 1 is 1.27 bits per heavy atom. The Hall–Kier alpha value is -2.57. The lowest BCUT2D eigenvalue weighted by Gasteiger charge is -2.32. The maximum absolute atomic E-state index is 12.3. The summed E-state index contributed by atoms with van der Waals surface area (Å²) in [5, 5.41) is 0. The Morgan fingerprint density at radius 3 is 2.95 bits per heavy atom. The summed E-state index contributed by atoms with van der Waals surface area (Å²) in [6.45, 7) is 3.08. The topological polar surface area (TPSA) is 73.1 Å². The van der Waals surface area contributed by atoms with E-state index < -0.39 is 6.16 Å². The lowest BCUT2D eigenvalue weighted by molar-refractivity contribution is 0.117. The molecular formula is C15H15N3O4. The summed E-state index contributed by atoms with van der Waals surface area (Å²) in [5.74, 6) is 0.612. The zero-order chi connectivity index (χ0) is 15.3. The molecule has 0 radical (unpaired) electrons. The van der Waals surface area contributed by atoms with Crippen molar-refractivity contribution in [1.82, 2.24) is 9.38 Å². The summed E-state index contributed by atoms with van der Waals surface area (Å²) in [7, 11) is 0. The number of hydrogen-bond acceptors (Lipinski definition) is 6. The third kappa shape index (κ3) is 2.01. The lowest BCUT2D eigenvalue weighted by atomic mass is 10.1. The van der Waals surface area contributed by atoms with Gasteiger partial charge in [0.05, 0.1) is 6.54 Å². The lowest BCUT2D eigenvalue weighted by Crippen LogP contribution is -2.46. The quantitative estimate of drug-likeness (QED) is 0.735.